The van der Waals surface area contributed by atoms with Gasteiger partial charge in [-0.15, -0.1) is 0 Å². The van der Waals surface area contributed by atoms with Crippen molar-refractivity contribution in [3.63, 3.8) is 0 Å². The first-order chi connectivity index (χ1) is 8.90. The smallest absolute Gasteiger partial charge is 0.240 e. The van der Waals surface area contributed by atoms with E-state index in [2.05, 4.69) is 20.7 Å². The van der Waals surface area contributed by atoms with Crippen LogP contribution in [0, 0.1) is 0 Å². The molecule has 7 heteroatoms. The number of methoxy groups -OCH3 is 1. The summed E-state index contributed by atoms with van der Waals surface area (Å²) in [7, 11) is -2.01. The van der Waals surface area contributed by atoms with E-state index >= 15 is 0 Å². The minimum absolute atomic E-state index is 0.181. The van der Waals surface area contributed by atoms with Gasteiger partial charge in [0.1, 0.15) is 0 Å². The second-order valence-electron chi connectivity index (χ2n) is 4.14. The van der Waals surface area contributed by atoms with Crippen molar-refractivity contribution in [3.8, 4) is 0 Å². The van der Waals surface area contributed by atoms with Crippen molar-refractivity contribution in [3.05, 3.63) is 27.7 Å². The van der Waals surface area contributed by atoms with Crippen molar-refractivity contribution in [1.29, 1.82) is 0 Å². The SMILES string of the molecule is CCCC(COC)NS(=O)(=O)c1ccc(Cl)c(Br)c1. The van der Waals surface area contributed by atoms with Crippen LogP contribution in [-0.2, 0) is 14.8 Å². The Balaban J connectivity index is 2.92. The number of rotatable bonds is 7. The van der Waals surface area contributed by atoms with Crippen LogP contribution in [0.15, 0.2) is 27.6 Å². The highest BCUT2D eigenvalue weighted by molar-refractivity contribution is 9.10. The second kappa shape index (κ2) is 7.59. The van der Waals surface area contributed by atoms with Gasteiger partial charge in [-0.05, 0) is 40.5 Å². The van der Waals surface area contributed by atoms with Crippen molar-refractivity contribution >= 4 is 37.6 Å². The molecule has 19 heavy (non-hydrogen) atoms. The largest absolute Gasteiger partial charge is 0.383 e. The van der Waals surface area contributed by atoms with E-state index in [0.717, 1.165) is 12.8 Å². The zero-order valence-corrected chi connectivity index (χ0v) is 14.0. The Morgan fingerprint density at radius 1 is 1.47 bits per heavy atom. The lowest BCUT2D eigenvalue weighted by Crippen LogP contribution is -2.37. The van der Waals surface area contributed by atoms with Crippen LogP contribution in [0.5, 0.6) is 0 Å². The van der Waals surface area contributed by atoms with E-state index in [-0.39, 0.29) is 10.9 Å². The summed E-state index contributed by atoms with van der Waals surface area (Å²) in [5.74, 6) is 0. The number of hydrogen-bond acceptors (Lipinski definition) is 3. The molecule has 1 unspecified atom stereocenters. The fourth-order valence-corrected chi connectivity index (χ4v) is 3.59. The van der Waals surface area contributed by atoms with Gasteiger partial charge in [-0.2, -0.15) is 0 Å². The maximum absolute atomic E-state index is 12.2. The van der Waals surface area contributed by atoms with E-state index in [0.29, 0.717) is 16.1 Å². The highest BCUT2D eigenvalue weighted by Crippen LogP contribution is 2.25. The molecule has 0 heterocycles. The molecule has 0 bridgehead atoms. The number of ether oxygens (including phenoxy) is 1. The second-order valence-corrected chi connectivity index (χ2v) is 7.11. The van der Waals surface area contributed by atoms with E-state index < -0.39 is 10.0 Å². The summed E-state index contributed by atoms with van der Waals surface area (Å²) in [5.41, 5.74) is 0. The summed E-state index contributed by atoms with van der Waals surface area (Å²) in [6.45, 7) is 2.34. The highest BCUT2D eigenvalue weighted by Gasteiger charge is 2.20. The van der Waals surface area contributed by atoms with Crippen molar-refractivity contribution in [2.75, 3.05) is 13.7 Å². The maximum Gasteiger partial charge on any atom is 0.240 e. The molecule has 0 saturated heterocycles. The van der Waals surface area contributed by atoms with Gasteiger partial charge >= 0.3 is 0 Å². The summed E-state index contributed by atoms with van der Waals surface area (Å²) in [4.78, 5) is 0.181. The fourth-order valence-electron chi connectivity index (χ4n) is 1.66. The number of halogens is 2. The van der Waals surface area contributed by atoms with Crippen LogP contribution in [0.1, 0.15) is 19.8 Å². The molecule has 0 amide bonds. The molecule has 0 spiro atoms. The number of sulfonamides is 1. The minimum atomic E-state index is -3.56. The molecule has 1 aromatic rings. The van der Waals surface area contributed by atoms with Crippen molar-refractivity contribution in [2.24, 2.45) is 0 Å². The molecule has 0 radical (unpaired) electrons. The molecule has 0 aliphatic rings. The molecule has 0 fully saturated rings. The van der Waals surface area contributed by atoms with Gasteiger partial charge < -0.3 is 4.74 Å². The van der Waals surface area contributed by atoms with Crippen LogP contribution >= 0.6 is 27.5 Å². The van der Waals surface area contributed by atoms with Gasteiger partial charge in [-0.1, -0.05) is 24.9 Å². The quantitative estimate of drug-likeness (QED) is 0.802. The standard InChI is InChI=1S/C12H17BrClNO3S/c1-3-4-9(8-18-2)15-19(16,17)10-5-6-12(14)11(13)7-10/h5-7,9,15H,3-4,8H2,1-2H3. The third-order valence-corrected chi connectivity index (χ3v) is 5.26. The van der Waals surface area contributed by atoms with E-state index in [4.69, 9.17) is 16.3 Å². The maximum atomic E-state index is 12.2. The van der Waals surface area contributed by atoms with Gasteiger partial charge in [0.2, 0.25) is 10.0 Å². The lowest BCUT2D eigenvalue weighted by molar-refractivity contribution is 0.171. The molecule has 1 aromatic carbocycles. The Morgan fingerprint density at radius 2 is 2.16 bits per heavy atom. The number of benzene rings is 1. The predicted octanol–water partition coefficient (Wildman–Crippen LogP) is 3.20. The molecule has 0 aliphatic heterocycles. The Kier molecular flexibility index (Phi) is 6.76. The highest BCUT2D eigenvalue weighted by atomic mass is 79.9. The van der Waals surface area contributed by atoms with Crippen LogP contribution < -0.4 is 4.72 Å². The Labute approximate surface area is 127 Å². The Morgan fingerprint density at radius 3 is 2.68 bits per heavy atom. The molecule has 0 saturated carbocycles. The van der Waals surface area contributed by atoms with Crippen LogP contribution in [-0.4, -0.2) is 28.2 Å². The predicted molar refractivity (Wildman–Crippen MR) is 80.0 cm³/mol. The Bertz CT molecular complexity index is 516. The van der Waals surface area contributed by atoms with Gasteiger partial charge in [0.15, 0.2) is 0 Å². The monoisotopic (exact) mass is 369 g/mol. The number of hydrogen-bond donors (Lipinski definition) is 1. The van der Waals surface area contributed by atoms with Gasteiger partial charge in [0, 0.05) is 17.6 Å². The summed E-state index contributed by atoms with van der Waals surface area (Å²) in [5, 5.41) is 0.473. The topological polar surface area (TPSA) is 55.4 Å². The van der Waals surface area contributed by atoms with Gasteiger partial charge in [0.05, 0.1) is 16.5 Å². The first kappa shape index (κ1) is 16.9. The van der Waals surface area contributed by atoms with Gasteiger partial charge in [-0.25, -0.2) is 13.1 Å². The third kappa shape index (κ3) is 5.04. The van der Waals surface area contributed by atoms with Crippen LogP contribution in [0.3, 0.4) is 0 Å². The minimum Gasteiger partial charge on any atom is -0.383 e. The average Bonchev–Trinajstić information content (AvgIpc) is 2.32. The lowest BCUT2D eigenvalue weighted by Gasteiger charge is -2.17. The summed E-state index contributed by atoms with van der Waals surface area (Å²) < 4.78 is 32.7. The van der Waals surface area contributed by atoms with E-state index in [1.807, 2.05) is 6.92 Å². The lowest BCUT2D eigenvalue weighted by atomic mass is 10.2. The van der Waals surface area contributed by atoms with Crippen LogP contribution in [0.2, 0.25) is 5.02 Å². The molecule has 1 rings (SSSR count). The van der Waals surface area contributed by atoms with Crippen molar-refractivity contribution in [1.82, 2.24) is 4.72 Å². The van der Waals surface area contributed by atoms with Gasteiger partial charge in [0.25, 0.3) is 0 Å². The van der Waals surface area contributed by atoms with Crippen LogP contribution in [0.4, 0.5) is 0 Å². The zero-order valence-electron chi connectivity index (χ0n) is 10.8. The van der Waals surface area contributed by atoms with E-state index in [9.17, 15) is 8.42 Å². The zero-order chi connectivity index (χ0) is 14.5. The van der Waals surface area contributed by atoms with E-state index in [1.54, 1.807) is 13.2 Å². The molecule has 1 atom stereocenters. The average molecular weight is 371 g/mol. The fraction of sp³-hybridized carbons (Fsp3) is 0.500. The molecule has 0 aliphatic carbocycles. The molecule has 0 aromatic heterocycles. The van der Waals surface area contributed by atoms with Gasteiger partial charge in [-0.3, -0.25) is 0 Å². The normalized spacial score (nSPS) is 13.5. The first-order valence-corrected chi connectivity index (χ1v) is 8.52. The molecule has 1 N–H and O–H groups in total. The summed E-state index contributed by atoms with van der Waals surface area (Å²) >= 11 is 9.07. The molecular formula is C12H17BrClNO3S. The summed E-state index contributed by atoms with van der Waals surface area (Å²) in [6.07, 6.45) is 1.60. The van der Waals surface area contributed by atoms with Crippen LogP contribution in [0.25, 0.3) is 0 Å². The van der Waals surface area contributed by atoms with Crippen molar-refractivity contribution < 1.29 is 13.2 Å². The Hall–Kier alpha value is -0.140. The van der Waals surface area contributed by atoms with E-state index in [1.165, 1.54) is 12.1 Å². The van der Waals surface area contributed by atoms with Crippen molar-refractivity contribution in [2.45, 2.75) is 30.7 Å². The molecule has 4 nitrogen and oxygen atoms in total. The summed E-state index contributed by atoms with van der Waals surface area (Å²) in [6, 6.07) is 4.28. The first-order valence-electron chi connectivity index (χ1n) is 5.87. The number of nitrogens with one attached hydrogen (secondary N) is 1. The molecule has 108 valence electrons. The third-order valence-electron chi connectivity index (χ3n) is 2.53. The molecular weight excluding hydrogens is 354 g/mol.